The van der Waals surface area contributed by atoms with Gasteiger partial charge in [0.2, 0.25) is 5.88 Å². The van der Waals surface area contributed by atoms with Gasteiger partial charge in [0.15, 0.2) is 0 Å². The second kappa shape index (κ2) is 6.52. The third-order valence-electron chi connectivity index (χ3n) is 4.24. The molecule has 0 radical (unpaired) electrons. The number of benzene rings is 1. The van der Waals surface area contributed by atoms with Crippen molar-refractivity contribution in [2.24, 2.45) is 0 Å². The lowest BCUT2D eigenvalue weighted by molar-refractivity contribution is 0.183. The molecule has 4 rings (SSSR count). The van der Waals surface area contributed by atoms with E-state index in [2.05, 4.69) is 10.2 Å². The zero-order chi connectivity index (χ0) is 17.2. The standard InChI is InChI=1S/C18H18N4O3/c1-24-17-11-16(21(20-17)13-5-3-2-4-6-13)15-7-8-18(23)22(19-15)14-9-10-25-12-14/h2-8,11,14H,9-10,12H2,1H3/t14-/m1/s1. The largest absolute Gasteiger partial charge is 0.480 e. The van der Waals surface area contributed by atoms with Crippen LogP contribution in [0, 0.1) is 0 Å². The van der Waals surface area contributed by atoms with Crippen molar-refractivity contribution in [2.45, 2.75) is 12.5 Å². The fraction of sp³-hybridized carbons (Fsp3) is 0.278. The molecule has 7 nitrogen and oxygen atoms in total. The van der Waals surface area contributed by atoms with Crippen LogP contribution in [0.3, 0.4) is 0 Å². The van der Waals surface area contributed by atoms with Gasteiger partial charge in [-0.25, -0.2) is 9.36 Å². The molecule has 25 heavy (non-hydrogen) atoms. The van der Waals surface area contributed by atoms with Crippen LogP contribution in [0.15, 0.2) is 53.3 Å². The molecule has 0 bridgehead atoms. The Hall–Kier alpha value is -2.93. The quantitative estimate of drug-likeness (QED) is 0.728. The van der Waals surface area contributed by atoms with E-state index in [4.69, 9.17) is 9.47 Å². The molecule has 0 aliphatic carbocycles. The van der Waals surface area contributed by atoms with Gasteiger partial charge in [0.1, 0.15) is 5.69 Å². The van der Waals surface area contributed by atoms with Gasteiger partial charge in [-0.05, 0) is 24.6 Å². The molecule has 1 aliphatic rings. The minimum absolute atomic E-state index is 0.0255. The van der Waals surface area contributed by atoms with Crippen LogP contribution in [0.4, 0.5) is 0 Å². The summed E-state index contributed by atoms with van der Waals surface area (Å²) in [5.74, 6) is 0.489. The van der Waals surface area contributed by atoms with Crippen LogP contribution in [0.2, 0.25) is 0 Å². The lowest BCUT2D eigenvalue weighted by atomic mass is 10.2. The molecule has 2 aromatic heterocycles. The zero-order valence-corrected chi connectivity index (χ0v) is 13.8. The van der Waals surface area contributed by atoms with Gasteiger partial charge in [-0.2, -0.15) is 5.10 Å². The number of ether oxygens (including phenoxy) is 2. The van der Waals surface area contributed by atoms with Gasteiger partial charge in [-0.1, -0.05) is 18.2 Å². The molecule has 1 aliphatic heterocycles. The number of para-hydroxylation sites is 1. The highest BCUT2D eigenvalue weighted by atomic mass is 16.5. The van der Waals surface area contributed by atoms with Gasteiger partial charge in [0.25, 0.3) is 5.56 Å². The average Bonchev–Trinajstić information content (AvgIpc) is 3.33. The maximum absolute atomic E-state index is 12.2. The molecular weight excluding hydrogens is 320 g/mol. The van der Waals surface area contributed by atoms with Gasteiger partial charge >= 0.3 is 0 Å². The number of hydrogen-bond acceptors (Lipinski definition) is 5. The topological polar surface area (TPSA) is 71.2 Å². The highest BCUT2D eigenvalue weighted by molar-refractivity contribution is 5.59. The van der Waals surface area contributed by atoms with E-state index < -0.39 is 0 Å². The minimum Gasteiger partial charge on any atom is -0.480 e. The Morgan fingerprint density at radius 2 is 2.00 bits per heavy atom. The van der Waals surface area contributed by atoms with Gasteiger partial charge < -0.3 is 9.47 Å². The Balaban J connectivity index is 1.83. The first-order valence-electron chi connectivity index (χ1n) is 8.14. The Kier molecular flexibility index (Phi) is 4.07. The third-order valence-corrected chi connectivity index (χ3v) is 4.24. The molecule has 0 amide bonds. The second-order valence-corrected chi connectivity index (χ2v) is 5.84. The molecular formula is C18H18N4O3. The minimum atomic E-state index is -0.128. The SMILES string of the molecule is COc1cc(-c2ccc(=O)n([C@@H]3CCOC3)n2)n(-c2ccccc2)n1. The van der Waals surface area contributed by atoms with E-state index in [1.807, 2.05) is 36.4 Å². The van der Waals surface area contributed by atoms with Crippen molar-refractivity contribution >= 4 is 0 Å². The first kappa shape index (κ1) is 15.6. The summed E-state index contributed by atoms with van der Waals surface area (Å²) >= 11 is 0. The first-order chi connectivity index (χ1) is 12.3. The van der Waals surface area contributed by atoms with Crippen LogP contribution < -0.4 is 10.3 Å². The smallest absolute Gasteiger partial charge is 0.267 e. The number of rotatable bonds is 4. The normalized spacial score (nSPS) is 16.9. The van der Waals surface area contributed by atoms with Crippen molar-refractivity contribution < 1.29 is 9.47 Å². The third kappa shape index (κ3) is 2.94. The molecule has 1 atom stereocenters. The molecule has 128 valence electrons. The van der Waals surface area contributed by atoms with Crippen LogP contribution in [0.25, 0.3) is 17.1 Å². The fourth-order valence-corrected chi connectivity index (χ4v) is 2.95. The number of methoxy groups -OCH3 is 1. The first-order valence-corrected chi connectivity index (χ1v) is 8.14. The fourth-order valence-electron chi connectivity index (χ4n) is 2.95. The predicted octanol–water partition coefficient (Wildman–Crippen LogP) is 2.07. The van der Waals surface area contributed by atoms with Crippen molar-refractivity contribution in [3.05, 3.63) is 58.9 Å². The lowest BCUT2D eigenvalue weighted by Crippen LogP contribution is -2.27. The summed E-state index contributed by atoms with van der Waals surface area (Å²) in [5, 5.41) is 9.03. The van der Waals surface area contributed by atoms with E-state index in [1.165, 1.54) is 10.7 Å². The molecule has 0 saturated carbocycles. The molecule has 1 saturated heterocycles. The molecule has 3 aromatic rings. The number of aromatic nitrogens is 4. The van der Waals surface area contributed by atoms with Gasteiger partial charge in [0.05, 0.1) is 31.1 Å². The Labute approximate surface area is 144 Å². The van der Waals surface area contributed by atoms with Gasteiger partial charge in [-0.3, -0.25) is 4.79 Å². The number of nitrogens with zero attached hydrogens (tertiary/aromatic N) is 4. The van der Waals surface area contributed by atoms with E-state index in [1.54, 1.807) is 17.9 Å². The van der Waals surface area contributed by atoms with Crippen LogP contribution >= 0.6 is 0 Å². The Morgan fingerprint density at radius 3 is 2.72 bits per heavy atom. The maximum atomic E-state index is 12.2. The van der Waals surface area contributed by atoms with Crippen molar-refractivity contribution in [1.29, 1.82) is 0 Å². The number of hydrogen-bond donors (Lipinski definition) is 0. The zero-order valence-electron chi connectivity index (χ0n) is 13.8. The molecule has 0 spiro atoms. The highest BCUT2D eigenvalue weighted by Gasteiger charge is 2.21. The molecule has 0 N–H and O–H groups in total. The summed E-state index contributed by atoms with van der Waals surface area (Å²) in [4.78, 5) is 12.2. The van der Waals surface area contributed by atoms with Crippen molar-refractivity contribution in [3.8, 4) is 23.0 Å². The van der Waals surface area contributed by atoms with E-state index in [0.29, 0.717) is 24.8 Å². The summed E-state index contributed by atoms with van der Waals surface area (Å²) in [5.41, 5.74) is 2.18. The van der Waals surface area contributed by atoms with Crippen LogP contribution in [-0.4, -0.2) is 39.9 Å². The molecule has 1 fully saturated rings. The summed E-state index contributed by atoms with van der Waals surface area (Å²) in [7, 11) is 1.58. The second-order valence-electron chi connectivity index (χ2n) is 5.84. The van der Waals surface area contributed by atoms with Gasteiger partial charge in [0, 0.05) is 18.7 Å². The van der Waals surface area contributed by atoms with Crippen LogP contribution in [0.5, 0.6) is 5.88 Å². The van der Waals surface area contributed by atoms with E-state index in [0.717, 1.165) is 17.8 Å². The molecule has 0 unspecified atom stereocenters. The predicted molar refractivity (Wildman–Crippen MR) is 92.1 cm³/mol. The molecule has 3 heterocycles. The monoisotopic (exact) mass is 338 g/mol. The van der Waals surface area contributed by atoms with E-state index >= 15 is 0 Å². The highest BCUT2D eigenvalue weighted by Crippen LogP contribution is 2.25. The summed E-state index contributed by atoms with van der Waals surface area (Å²) in [6.45, 7) is 1.16. The van der Waals surface area contributed by atoms with Crippen LogP contribution in [0.1, 0.15) is 12.5 Å². The Morgan fingerprint density at radius 1 is 1.16 bits per heavy atom. The maximum Gasteiger partial charge on any atom is 0.267 e. The summed E-state index contributed by atoms with van der Waals surface area (Å²) in [6.07, 6.45) is 0.789. The average molecular weight is 338 g/mol. The van der Waals surface area contributed by atoms with Crippen molar-refractivity contribution in [3.63, 3.8) is 0 Å². The van der Waals surface area contributed by atoms with Crippen LogP contribution in [-0.2, 0) is 4.74 Å². The Bertz CT molecular complexity index is 927. The van der Waals surface area contributed by atoms with E-state index in [-0.39, 0.29) is 11.6 Å². The lowest BCUT2D eigenvalue weighted by Gasteiger charge is -2.12. The van der Waals surface area contributed by atoms with Gasteiger partial charge in [-0.15, -0.1) is 5.10 Å². The molecule has 7 heteroatoms. The summed E-state index contributed by atoms with van der Waals surface area (Å²) in [6, 6.07) is 14.8. The van der Waals surface area contributed by atoms with E-state index in [9.17, 15) is 4.79 Å². The summed E-state index contributed by atoms with van der Waals surface area (Å²) < 4.78 is 13.9. The van der Waals surface area contributed by atoms with Crippen molar-refractivity contribution in [1.82, 2.24) is 19.6 Å². The van der Waals surface area contributed by atoms with Crippen molar-refractivity contribution in [2.75, 3.05) is 20.3 Å². The molecule has 1 aromatic carbocycles.